The summed E-state index contributed by atoms with van der Waals surface area (Å²) in [5, 5.41) is 0. The first kappa shape index (κ1) is 16.1. The number of alkyl halides is 3. The van der Waals surface area contributed by atoms with Gasteiger partial charge in [0.1, 0.15) is 5.75 Å². The molecule has 0 aliphatic carbocycles. The molecule has 0 aliphatic rings. The smallest absolute Gasteiger partial charge is 0.396 e. The number of Topliss-reactive ketones (excluding diaryl/α,β-unsaturated/α-hetero) is 1. The number of benzene rings is 2. The maximum Gasteiger partial charge on any atom is 0.396 e. The van der Waals surface area contributed by atoms with Gasteiger partial charge in [0.25, 0.3) is 0 Å². The molecule has 0 heterocycles. The Labute approximate surface area is 126 Å². The summed E-state index contributed by atoms with van der Waals surface area (Å²) in [5.41, 5.74) is 0.244. The Bertz CT molecular complexity index is 636. The molecular formula is C17H15F3O2. The Morgan fingerprint density at radius 1 is 1.05 bits per heavy atom. The molecule has 5 heteroatoms. The van der Waals surface area contributed by atoms with Gasteiger partial charge in [-0.25, -0.2) is 0 Å². The van der Waals surface area contributed by atoms with Crippen molar-refractivity contribution in [1.82, 2.24) is 0 Å². The predicted octanol–water partition coefficient (Wildman–Crippen LogP) is 4.61. The molecule has 1 atom stereocenters. The van der Waals surface area contributed by atoms with Gasteiger partial charge < -0.3 is 4.74 Å². The van der Waals surface area contributed by atoms with Gasteiger partial charge >= 0.3 is 6.18 Å². The predicted molar refractivity (Wildman–Crippen MR) is 77.2 cm³/mol. The maximum atomic E-state index is 13.4. The molecule has 2 rings (SSSR count). The molecule has 116 valence electrons. The van der Waals surface area contributed by atoms with Gasteiger partial charge in [-0.1, -0.05) is 48.5 Å². The van der Waals surface area contributed by atoms with E-state index in [1.54, 1.807) is 24.3 Å². The van der Waals surface area contributed by atoms with E-state index in [1.807, 2.05) is 0 Å². The molecule has 0 radical (unpaired) electrons. The summed E-state index contributed by atoms with van der Waals surface area (Å²) in [6.45, 7) is 0. The Balaban J connectivity index is 2.34. The van der Waals surface area contributed by atoms with Gasteiger partial charge in [-0.05, 0) is 6.07 Å². The summed E-state index contributed by atoms with van der Waals surface area (Å²) in [5.74, 6) is -2.31. The minimum Gasteiger partial charge on any atom is -0.496 e. The van der Waals surface area contributed by atoms with Crippen molar-refractivity contribution in [3.05, 3.63) is 65.7 Å². The van der Waals surface area contributed by atoms with Crippen molar-refractivity contribution in [2.75, 3.05) is 7.11 Å². The van der Waals surface area contributed by atoms with E-state index in [0.717, 1.165) is 0 Å². The molecule has 0 aromatic heterocycles. The highest BCUT2D eigenvalue weighted by Crippen LogP contribution is 2.41. The fourth-order valence-corrected chi connectivity index (χ4v) is 2.28. The zero-order valence-electron chi connectivity index (χ0n) is 11.9. The van der Waals surface area contributed by atoms with Gasteiger partial charge in [-0.3, -0.25) is 4.79 Å². The summed E-state index contributed by atoms with van der Waals surface area (Å²) in [4.78, 5) is 12.1. The van der Waals surface area contributed by atoms with Crippen LogP contribution in [0.1, 0.15) is 28.3 Å². The normalized spacial score (nSPS) is 12.7. The molecule has 0 fully saturated rings. The molecule has 0 bridgehead atoms. The number of methoxy groups -OCH3 is 1. The van der Waals surface area contributed by atoms with E-state index >= 15 is 0 Å². The van der Waals surface area contributed by atoms with E-state index in [-0.39, 0.29) is 16.9 Å². The monoisotopic (exact) mass is 308 g/mol. The van der Waals surface area contributed by atoms with E-state index in [1.165, 1.54) is 37.4 Å². The number of ketones is 1. The lowest BCUT2D eigenvalue weighted by molar-refractivity contribution is -0.150. The second kappa shape index (κ2) is 6.64. The third kappa shape index (κ3) is 3.67. The highest BCUT2D eigenvalue weighted by molar-refractivity contribution is 5.96. The standard InChI is InChI=1S/C17H15F3O2/c1-22-16-10-6-5-9-13(16)14(17(18,19)20)11-15(21)12-7-3-2-4-8-12/h2-10,14H,11H2,1H3. The van der Waals surface area contributed by atoms with Crippen LogP contribution >= 0.6 is 0 Å². The van der Waals surface area contributed by atoms with Crippen molar-refractivity contribution < 1.29 is 22.7 Å². The Morgan fingerprint density at radius 2 is 1.64 bits per heavy atom. The van der Waals surface area contributed by atoms with Crippen LogP contribution in [0.5, 0.6) is 5.75 Å². The fourth-order valence-electron chi connectivity index (χ4n) is 2.28. The summed E-state index contributed by atoms with van der Waals surface area (Å²) >= 11 is 0. The minimum atomic E-state index is -4.53. The average molecular weight is 308 g/mol. The van der Waals surface area contributed by atoms with Crippen LogP contribution in [0, 0.1) is 0 Å². The molecular weight excluding hydrogens is 293 g/mol. The molecule has 0 N–H and O–H groups in total. The van der Waals surface area contributed by atoms with Crippen molar-refractivity contribution in [3.8, 4) is 5.75 Å². The maximum absolute atomic E-state index is 13.4. The second-order valence-corrected chi connectivity index (χ2v) is 4.83. The lowest BCUT2D eigenvalue weighted by Crippen LogP contribution is -2.24. The number of ether oxygens (including phenoxy) is 1. The van der Waals surface area contributed by atoms with Gasteiger partial charge in [0.15, 0.2) is 5.78 Å². The van der Waals surface area contributed by atoms with E-state index in [4.69, 9.17) is 4.74 Å². The first-order valence-corrected chi connectivity index (χ1v) is 6.71. The molecule has 2 aromatic carbocycles. The van der Waals surface area contributed by atoms with Gasteiger partial charge in [0, 0.05) is 17.5 Å². The molecule has 1 unspecified atom stereocenters. The van der Waals surface area contributed by atoms with Crippen LogP contribution in [-0.4, -0.2) is 19.1 Å². The molecule has 2 aromatic rings. The number of hydrogen-bond donors (Lipinski definition) is 0. The van der Waals surface area contributed by atoms with Gasteiger partial charge in [0.2, 0.25) is 0 Å². The number of carbonyl (C=O) groups is 1. The number of rotatable bonds is 5. The molecule has 0 spiro atoms. The van der Waals surface area contributed by atoms with E-state index in [9.17, 15) is 18.0 Å². The van der Waals surface area contributed by atoms with Crippen LogP contribution in [0.3, 0.4) is 0 Å². The molecule has 22 heavy (non-hydrogen) atoms. The number of carbonyl (C=O) groups excluding carboxylic acids is 1. The summed E-state index contributed by atoms with van der Waals surface area (Å²) < 4.78 is 45.2. The van der Waals surface area contributed by atoms with Crippen molar-refractivity contribution >= 4 is 5.78 Å². The van der Waals surface area contributed by atoms with Crippen LogP contribution in [0.4, 0.5) is 13.2 Å². The molecule has 0 aliphatic heterocycles. The van der Waals surface area contributed by atoms with Crippen molar-refractivity contribution in [3.63, 3.8) is 0 Å². The largest absolute Gasteiger partial charge is 0.496 e. The molecule has 2 nitrogen and oxygen atoms in total. The van der Waals surface area contributed by atoms with E-state index in [0.29, 0.717) is 0 Å². The molecule has 0 amide bonds. The fraction of sp³-hybridized carbons (Fsp3) is 0.235. The van der Waals surface area contributed by atoms with Crippen LogP contribution < -0.4 is 4.74 Å². The summed E-state index contributed by atoms with van der Waals surface area (Å²) in [6, 6.07) is 13.9. The number of hydrogen-bond acceptors (Lipinski definition) is 2. The molecule has 0 saturated carbocycles. The summed E-state index contributed by atoms with van der Waals surface area (Å²) in [7, 11) is 1.31. The van der Waals surface area contributed by atoms with E-state index < -0.39 is 24.3 Å². The van der Waals surface area contributed by atoms with Crippen molar-refractivity contribution in [2.24, 2.45) is 0 Å². The quantitative estimate of drug-likeness (QED) is 0.754. The second-order valence-electron chi connectivity index (χ2n) is 4.83. The number of halogens is 3. The SMILES string of the molecule is COc1ccccc1C(CC(=O)c1ccccc1)C(F)(F)F. The minimum absolute atomic E-state index is 0.0261. The van der Waals surface area contributed by atoms with Crippen LogP contribution in [0.2, 0.25) is 0 Å². The first-order chi connectivity index (χ1) is 10.4. The third-order valence-corrected chi connectivity index (χ3v) is 3.39. The lowest BCUT2D eigenvalue weighted by Gasteiger charge is -2.22. The van der Waals surface area contributed by atoms with Gasteiger partial charge in [0.05, 0.1) is 13.0 Å². The first-order valence-electron chi connectivity index (χ1n) is 6.71. The van der Waals surface area contributed by atoms with E-state index in [2.05, 4.69) is 0 Å². The van der Waals surface area contributed by atoms with Gasteiger partial charge in [-0.2, -0.15) is 13.2 Å². The zero-order chi connectivity index (χ0) is 16.2. The highest BCUT2D eigenvalue weighted by atomic mass is 19.4. The molecule has 0 saturated heterocycles. The Kier molecular flexibility index (Phi) is 4.85. The Hall–Kier alpha value is -2.30. The average Bonchev–Trinajstić information content (AvgIpc) is 2.52. The third-order valence-electron chi connectivity index (χ3n) is 3.39. The summed E-state index contributed by atoms with van der Waals surface area (Å²) in [6.07, 6.45) is -5.17. The topological polar surface area (TPSA) is 26.3 Å². The van der Waals surface area contributed by atoms with Gasteiger partial charge in [-0.15, -0.1) is 0 Å². The van der Waals surface area contributed by atoms with Crippen LogP contribution in [0.15, 0.2) is 54.6 Å². The highest BCUT2D eigenvalue weighted by Gasteiger charge is 2.43. The van der Waals surface area contributed by atoms with Crippen molar-refractivity contribution in [1.29, 1.82) is 0 Å². The lowest BCUT2D eigenvalue weighted by atomic mass is 9.90. The van der Waals surface area contributed by atoms with Crippen LogP contribution in [0.25, 0.3) is 0 Å². The number of para-hydroxylation sites is 1. The van der Waals surface area contributed by atoms with Crippen LogP contribution in [-0.2, 0) is 0 Å². The Morgan fingerprint density at radius 3 is 2.23 bits per heavy atom. The van der Waals surface area contributed by atoms with Crippen molar-refractivity contribution in [2.45, 2.75) is 18.5 Å². The zero-order valence-corrected chi connectivity index (χ0v) is 11.9.